The van der Waals surface area contributed by atoms with Crippen LogP contribution in [0.3, 0.4) is 0 Å². The topological polar surface area (TPSA) is 84.9 Å². The molecule has 9 heteroatoms. The van der Waals surface area contributed by atoms with Crippen molar-refractivity contribution in [3.63, 3.8) is 0 Å². The standard InChI is InChI=1S/C25H18Cl2N2O5/c1-33-19-9-7-18(8-10-19)29-24(31)21(23(30)28-25(29)32)12-15-3-2-4-20(11-15)34-14-16-5-6-17(26)13-22(16)27/h2-13H,14H2,1H3,(H,28,30,32)/b21-12-. The van der Waals surface area contributed by atoms with Gasteiger partial charge >= 0.3 is 6.03 Å². The van der Waals surface area contributed by atoms with Crippen LogP contribution in [-0.2, 0) is 16.2 Å². The van der Waals surface area contributed by atoms with Gasteiger partial charge in [-0.25, -0.2) is 9.69 Å². The molecular weight excluding hydrogens is 479 g/mol. The summed E-state index contributed by atoms with van der Waals surface area (Å²) in [6.45, 7) is 0.204. The van der Waals surface area contributed by atoms with Gasteiger partial charge in [-0.2, -0.15) is 0 Å². The molecule has 4 amide bonds. The third-order valence-electron chi connectivity index (χ3n) is 5.01. The summed E-state index contributed by atoms with van der Waals surface area (Å²) in [6, 6.07) is 17.5. The maximum absolute atomic E-state index is 13.1. The summed E-state index contributed by atoms with van der Waals surface area (Å²) in [4.78, 5) is 38.8. The Morgan fingerprint density at radius 1 is 0.941 bits per heavy atom. The molecule has 1 saturated heterocycles. The third kappa shape index (κ3) is 5.06. The third-order valence-corrected chi connectivity index (χ3v) is 5.60. The number of nitrogens with zero attached hydrogens (tertiary/aromatic N) is 1. The Kier molecular flexibility index (Phi) is 6.86. The molecule has 0 bridgehead atoms. The number of hydrogen-bond donors (Lipinski definition) is 1. The van der Waals surface area contributed by atoms with Crippen LogP contribution < -0.4 is 19.7 Å². The second-order valence-corrected chi connectivity index (χ2v) is 8.10. The lowest BCUT2D eigenvalue weighted by molar-refractivity contribution is -0.122. The summed E-state index contributed by atoms with van der Waals surface area (Å²) in [7, 11) is 1.51. The van der Waals surface area contributed by atoms with Gasteiger partial charge < -0.3 is 9.47 Å². The van der Waals surface area contributed by atoms with Crippen LogP contribution in [0.4, 0.5) is 10.5 Å². The van der Waals surface area contributed by atoms with Crippen molar-refractivity contribution in [1.29, 1.82) is 0 Å². The van der Waals surface area contributed by atoms with Gasteiger partial charge in [-0.3, -0.25) is 14.9 Å². The Bertz CT molecular complexity index is 1300. The zero-order valence-electron chi connectivity index (χ0n) is 17.9. The van der Waals surface area contributed by atoms with E-state index in [1.165, 1.54) is 13.2 Å². The van der Waals surface area contributed by atoms with Crippen molar-refractivity contribution in [3.05, 3.63) is 93.5 Å². The molecule has 7 nitrogen and oxygen atoms in total. The van der Waals surface area contributed by atoms with Crippen molar-refractivity contribution < 1.29 is 23.9 Å². The van der Waals surface area contributed by atoms with Crippen LogP contribution in [0.15, 0.2) is 72.3 Å². The predicted octanol–water partition coefficient (Wildman–Crippen LogP) is 5.25. The van der Waals surface area contributed by atoms with Crippen molar-refractivity contribution in [2.45, 2.75) is 6.61 Å². The predicted molar refractivity (Wildman–Crippen MR) is 129 cm³/mol. The fraction of sp³-hybridized carbons (Fsp3) is 0.0800. The van der Waals surface area contributed by atoms with Gasteiger partial charge in [0.1, 0.15) is 23.7 Å². The minimum atomic E-state index is -0.825. The number of hydrogen-bond acceptors (Lipinski definition) is 5. The fourth-order valence-electron chi connectivity index (χ4n) is 3.28. The Morgan fingerprint density at radius 3 is 2.41 bits per heavy atom. The van der Waals surface area contributed by atoms with Crippen molar-refractivity contribution in [1.82, 2.24) is 5.32 Å². The van der Waals surface area contributed by atoms with Gasteiger partial charge in [-0.05, 0) is 60.2 Å². The molecule has 0 radical (unpaired) electrons. The highest BCUT2D eigenvalue weighted by atomic mass is 35.5. The highest BCUT2D eigenvalue weighted by molar-refractivity contribution is 6.39. The number of methoxy groups -OCH3 is 1. The van der Waals surface area contributed by atoms with Crippen molar-refractivity contribution in [2.75, 3.05) is 12.0 Å². The minimum absolute atomic E-state index is 0.187. The van der Waals surface area contributed by atoms with E-state index in [0.717, 1.165) is 10.5 Å². The molecule has 1 aliphatic rings. The van der Waals surface area contributed by atoms with E-state index < -0.39 is 17.8 Å². The number of carbonyl (C=O) groups excluding carboxylic acids is 3. The van der Waals surface area contributed by atoms with Crippen LogP contribution in [0.1, 0.15) is 11.1 Å². The number of benzene rings is 3. The molecule has 0 atom stereocenters. The zero-order chi connectivity index (χ0) is 24.2. The van der Waals surface area contributed by atoms with E-state index in [9.17, 15) is 14.4 Å². The molecule has 0 spiro atoms. The molecule has 3 aromatic rings. The smallest absolute Gasteiger partial charge is 0.335 e. The van der Waals surface area contributed by atoms with Gasteiger partial charge in [0, 0.05) is 15.6 Å². The lowest BCUT2D eigenvalue weighted by Gasteiger charge is -2.26. The molecule has 172 valence electrons. The van der Waals surface area contributed by atoms with Crippen LogP contribution in [0, 0.1) is 0 Å². The van der Waals surface area contributed by atoms with E-state index in [1.807, 2.05) is 0 Å². The van der Waals surface area contributed by atoms with Crippen LogP contribution in [-0.4, -0.2) is 25.0 Å². The summed E-state index contributed by atoms with van der Waals surface area (Å²) in [5.41, 5.74) is 1.42. The largest absolute Gasteiger partial charge is 0.497 e. The van der Waals surface area contributed by atoms with Crippen molar-refractivity contribution >= 4 is 52.8 Å². The molecule has 1 aliphatic heterocycles. The molecular formula is C25H18Cl2N2O5. The number of carbonyl (C=O) groups is 3. The number of nitrogens with one attached hydrogen (secondary N) is 1. The first kappa shape index (κ1) is 23.4. The van der Waals surface area contributed by atoms with Crippen LogP contribution in [0.2, 0.25) is 10.0 Å². The highest BCUT2D eigenvalue weighted by Crippen LogP contribution is 2.26. The molecule has 0 unspecified atom stereocenters. The van der Waals surface area contributed by atoms with E-state index in [2.05, 4.69) is 5.32 Å². The second-order valence-electron chi connectivity index (χ2n) is 7.25. The molecule has 4 rings (SSSR count). The first-order valence-electron chi connectivity index (χ1n) is 10.1. The van der Waals surface area contributed by atoms with Crippen LogP contribution in [0.5, 0.6) is 11.5 Å². The molecule has 1 fully saturated rings. The van der Waals surface area contributed by atoms with E-state index in [0.29, 0.717) is 32.8 Å². The van der Waals surface area contributed by atoms with Gasteiger partial charge in [-0.15, -0.1) is 0 Å². The molecule has 34 heavy (non-hydrogen) atoms. The maximum Gasteiger partial charge on any atom is 0.335 e. The Balaban J connectivity index is 1.56. The summed E-state index contributed by atoms with van der Waals surface area (Å²) in [5.74, 6) is -0.443. The lowest BCUT2D eigenvalue weighted by Crippen LogP contribution is -2.54. The number of ether oxygens (including phenoxy) is 2. The number of anilines is 1. The Labute approximate surface area is 205 Å². The van der Waals surface area contributed by atoms with Gasteiger partial charge in [0.25, 0.3) is 11.8 Å². The van der Waals surface area contributed by atoms with Crippen molar-refractivity contribution in [3.8, 4) is 11.5 Å². The number of urea groups is 1. The first-order valence-corrected chi connectivity index (χ1v) is 10.8. The number of halogens is 2. The minimum Gasteiger partial charge on any atom is -0.497 e. The summed E-state index contributed by atoms with van der Waals surface area (Å²) in [5, 5.41) is 3.21. The number of imide groups is 2. The maximum atomic E-state index is 13.1. The molecule has 1 heterocycles. The van der Waals surface area contributed by atoms with Gasteiger partial charge in [-0.1, -0.05) is 41.4 Å². The van der Waals surface area contributed by atoms with E-state index in [4.69, 9.17) is 32.7 Å². The van der Waals surface area contributed by atoms with E-state index in [-0.39, 0.29) is 12.2 Å². The zero-order valence-corrected chi connectivity index (χ0v) is 19.4. The Hall–Kier alpha value is -3.81. The van der Waals surface area contributed by atoms with Crippen LogP contribution >= 0.6 is 23.2 Å². The molecule has 1 N–H and O–H groups in total. The normalized spacial score (nSPS) is 14.9. The monoisotopic (exact) mass is 496 g/mol. The Morgan fingerprint density at radius 2 is 1.71 bits per heavy atom. The summed E-state index contributed by atoms with van der Waals surface area (Å²) >= 11 is 12.1. The van der Waals surface area contributed by atoms with Gasteiger partial charge in [0.2, 0.25) is 0 Å². The number of rotatable bonds is 6. The fourth-order valence-corrected chi connectivity index (χ4v) is 3.75. The number of barbiturate groups is 1. The molecule has 0 aliphatic carbocycles. The van der Waals surface area contributed by atoms with Gasteiger partial charge in [0.15, 0.2) is 0 Å². The molecule has 3 aromatic carbocycles. The summed E-state index contributed by atoms with van der Waals surface area (Å²) in [6.07, 6.45) is 1.41. The first-order chi connectivity index (χ1) is 16.4. The van der Waals surface area contributed by atoms with Crippen molar-refractivity contribution in [2.24, 2.45) is 0 Å². The van der Waals surface area contributed by atoms with E-state index >= 15 is 0 Å². The highest BCUT2D eigenvalue weighted by Gasteiger charge is 2.36. The van der Waals surface area contributed by atoms with E-state index in [1.54, 1.807) is 66.7 Å². The second kappa shape index (κ2) is 9.99. The van der Waals surface area contributed by atoms with Crippen LogP contribution in [0.25, 0.3) is 6.08 Å². The molecule has 0 saturated carbocycles. The quantitative estimate of drug-likeness (QED) is 0.372. The lowest BCUT2D eigenvalue weighted by atomic mass is 10.1. The summed E-state index contributed by atoms with van der Waals surface area (Å²) < 4.78 is 10.9. The van der Waals surface area contributed by atoms with Gasteiger partial charge in [0.05, 0.1) is 12.8 Å². The number of amides is 4. The average molecular weight is 497 g/mol. The molecule has 0 aromatic heterocycles. The average Bonchev–Trinajstić information content (AvgIpc) is 2.82. The SMILES string of the molecule is COc1ccc(N2C(=O)NC(=O)/C(=C/c3cccc(OCc4ccc(Cl)cc4Cl)c3)C2=O)cc1.